The number of ether oxygens (including phenoxy) is 3. The number of aryl methyl sites for hydroxylation is 2. The molecule has 0 radical (unpaired) electrons. The lowest BCUT2D eigenvalue weighted by Gasteiger charge is -2.14. The Labute approximate surface area is 181 Å². The SMILES string of the molecule is COc1cc(C=C(C(=O)c2c(C)cc(C)[nH]c2=O)c2ccccc2)cc(OC)c1OC. The van der Waals surface area contributed by atoms with Crippen molar-refractivity contribution >= 4 is 17.4 Å². The van der Waals surface area contributed by atoms with Crippen LogP contribution in [0, 0.1) is 13.8 Å². The minimum Gasteiger partial charge on any atom is -0.493 e. The highest BCUT2D eigenvalue weighted by Crippen LogP contribution is 2.39. The minimum atomic E-state index is -0.408. The molecule has 6 nitrogen and oxygen atoms in total. The molecule has 3 aromatic rings. The van der Waals surface area contributed by atoms with Gasteiger partial charge in [-0.2, -0.15) is 0 Å². The number of carbonyl (C=O) groups is 1. The van der Waals surface area contributed by atoms with E-state index in [2.05, 4.69) is 4.98 Å². The van der Waals surface area contributed by atoms with Crippen molar-refractivity contribution in [1.29, 1.82) is 0 Å². The molecule has 0 unspecified atom stereocenters. The zero-order chi connectivity index (χ0) is 22.5. The number of carbonyl (C=O) groups excluding carboxylic acids is 1. The van der Waals surface area contributed by atoms with Crippen LogP contribution in [0.5, 0.6) is 17.2 Å². The summed E-state index contributed by atoms with van der Waals surface area (Å²) in [6, 6.07) is 14.5. The number of ketones is 1. The van der Waals surface area contributed by atoms with E-state index in [1.165, 1.54) is 21.3 Å². The van der Waals surface area contributed by atoms with E-state index < -0.39 is 5.56 Å². The van der Waals surface area contributed by atoms with Crippen LogP contribution in [-0.2, 0) is 0 Å². The summed E-state index contributed by atoms with van der Waals surface area (Å²) < 4.78 is 16.2. The van der Waals surface area contributed by atoms with E-state index in [0.29, 0.717) is 45.2 Å². The summed E-state index contributed by atoms with van der Waals surface area (Å²) in [5, 5.41) is 0. The number of H-pyrrole nitrogens is 1. The van der Waals surface area contributed by atoms with Crippen LogP contribution >= 0.6 is 0 Å². The summed E-state index contributed by atoms with van der Waals surface area (Å²) in [5.74, 6) is 1.04. The van der Waals surface area contributed by atoms with Gasteiger partial charge in [0.05, 0.1) is 26.9 Å². The average molecular weight is 419 g/mol. The van der Waals surface area contributed by atoms with E-state index in [1.807, 2.05) is 30.3 Å². The van der Waals surface area contributed by atoms with Crippen LogP contribution < -0.4 is 19.8 Å². The maximum Gasteiger partial charge on any atom is 0.259 e. The molecule has 1 heterocycles. The van der Waals surface area contributed by atoms with Gasteiger partial charge in [0.25, 0.3) is 5.56 Å². The van der Waals surface area contributed by atoms with Crippen LogP contribution in [0.2, 0.25) is 0 Å². The number of allylic oxidation sites excluding steroid dienone is 1. The van der Waals surface area contributed by atoms with Crippen molar-refractivity contribution in [3.05, 3.63) is 86.8 Å². The van der Waals surface area contributed by atoms with Crippen molar-refractivity contribution in [3.8, 4) is 17.2 Å². The third kappa shape index (κ3) is 4.53. The summed E-state index contributed by atoms with van der Waals surface area (Å²) in [7, 11) is 4.59. The van der Waals surface area contributed by atoms with Gasteiger partial charge in [0.2, 0.25) is 5.75 Å². The van der Waals surface area contributed by atoms with Gasteiger partial charge in [0, 0.05) is 11.3 Å². The number of pyridine rings is 1. The van der Waals surface area contributed by atoms with Crippen molar-refractivity contribution in [2.45, 2.75) is 13.8 Å². The van der Waals surface area contributed by atoms with Gasteiger partial charge in [-0.25, -0.2) is 0 Å². The number of aromatic nitrogens is 1. The van der Waals surface area contributed by atoms with E-state index >= 15 is 0 Å². The third-order valence-electron chi connectivity index (χ3n) is 4.92. The topological polar surface area (TPSA) is 77.6 Å². The summed E-state index contributed by atoms with van der Waals surface area (Å²) in [6.07, 6.45) is 1.72. The highest BCUT2D eigenvalue weighted by Gasteiger charge is 2.21. The first-order valence-corrected chi connectivity index (χ1v) is 9.72. The number of benzene rings is 2. The standard InChI is InChI=1S/C25H25NO5/c1-15-11-16(2)26-25(28)22(15)23(27)19(18-9-7-6-8-10-18)12-17-13-20(29-3)24(31-5)21(14-17)30-4/h6-14H,1-5H3,(H,26,28). The molecular formula is C25H25NO5. The summed E-state index contributed by atoms with van der Waals surface area (Å²) in [4.78, 5) is 28.9. The molecule has 0 fully saturated rings. The maximum atomic E-state index is 13.6. The lowest BCUT2D eigenvalue weighted by atomic mass is 9.93. The summed E-state index contributed by atoms with van der Waals surface area (Å²) in [5.41, 5.74) is 2.78. The average Bonchev–Trinajstić information content (AvgIpc) is 2.76. The molecule has 0 aliphatic heterocycles. The predicted octanol–water partition coefficient (Wildman–Crippen LogP) is 4.44. The first-order valence-electron chi connectivity index (χ1n) is 9.72. The van der Waals surface area contributed by atoms with Gasteiger partial charge in [-0.15, -0.1) is 0 Å². The third-order valence-corrected chi connectivity index (χ3v) is 4.92. The molecule has 31 heavy (non-hydrogen) atoms. The van der Waals surface area contributed by atoms with E-state index in [0.717, 1.165) is 0 Å². The Morgan fingerprint density at radius 1 is 0.903 bits per heavy atom. The molecule has 0 saturated heterocycles. The van der Waals surface area contributed by atoms with Gasteiger partial charge >= 0.3 is 0 Å². The van der Waals surface area contributed by atoms with Crippen LogP contribution in [-0.4, -0.2) is 32.1 Å². The van der Waals surface area contributed by atoms with Gasteiger partial charge in [0.15, 0.2) is 17.3 Å². The van der Waals surface area contributed by atoms with Crippen molar-refractivity contribution < 1.29 is 19.0 Å². The highest BCUT2D eigenvalue weighted by atomic mass is 16.5. The Kier molecular flexibility index (Phi) is 6.60. The van der Waals surface area contributed by atoms with Gasteiger partial charge in [-0.1, -0.05) is 30.3 Å². The monoisotopic (exact) mass is 419 g/mol. The van der Waals surface area contributed by atoms with Crippen molar-refractivity contribution in [1.82, 2.24) is 4.98 Å². The number of nitrogens with one attached hydrogen (secondary N) is 1. The fraction of sp³-hybridized carbons (Fsp3) is 0.200. The van der Waals surface area contributed by atoms with Gasteiger partial charge < -0.3 is 19.2 Å². The molecule has 0 spiro atoms. The molecule has 6 heteroatoms. The molecule has 0 aliphatic rings. The first kappa shape index (κ1) is 21.9. The van der Waals surface area contributed by atoms with E-state index in [1.54, 1.807) is 38.1 Å². The molecule has 0 bridgehead atoms. The number of methoxy groups -OCH3 is 3. The second-order valence-corrected chi connectivity index (χ2v) is 7.05. The van der Waals surface area contributed by atoms with E-state index in [4.69, 9.17) is 14.2 Å². The van der Waals surface area contributed by atoms with Crippen LogP contribution in [0.4, 0.5) is 0 Å². The summed E-state index contributed by atoms with van der Waals surface area (Å²) >= 11 is 0. The van der Waals surface area contributed by atoms with Gasteiger partial charge in [-0.05, 0) is 54.8 Å². The number of Topliss-reactive ketones (excluding diaryl/α,β-unsaturated/α-hetero) is 1. The molecule has 0 amide bonds. The maximum absolute atomic E-state index is 13.6. The van der Waals surface area contributed by atoms with Crippen molar-refractivity contribution in [2.24, 2.45) is 0 Å². The molecule has 0 saturated carbocycles. The van der Waals surface area contributed by atoms with E-state index in [-0.39, 0.29) is 11.3 Å². The zero-order valence-corrected chi connectivity index (χ0v) is 18.2. The minimum absolute atomic E-state index is 0.119. The van der Waals surface area contributed by atoms with Gasteiger partial charge in [0.1, 0.15) is 0 Å². The molecule has 0 aliphatic carbocycles. The van der Waals surface area contributed by atoms with Crippen LogP contribution in [0.25, 0.3) is 11.6 Å². The molecule has 160 valence electrons. The Morgan fingerprint density at radius 2 is 1.52 bits per heavy atom. The van der Waals surface area contributed by atoms with Crippen LogP contribution in [0.1, 0.15) is 32.7 Å². The Morgan fingerprint density at radius 3 is 2.03 bits per heavy atom. The van der Waals surface area contributed by atoms with E-state index in [9.17, 15) is 9.59 Å². The number of aromatic amines is 1. The smallest absolute Gasteiger partial charge is 0.259 e. The molecule has 2 aromatic carbocycles. The number of hydrogen-bond acceptors (Lipinski definition) is 5. The number of hydrogen-bond donors (Lipinski definition) is 1. The van der Waals surface area contributed by atoms with Gasteiger partial charge in [-0.3, -0.25) is 9.59 Å². The Balaban J connectivity index is 2.24. The second-order valence-electron chi connectivity index (χ2n) is 7.05. The Bertz CT molecular complexity index is 1170. The lowest BCUT2D eigenvalue weighted by molar-refractivity contribution is 0.105. The number of rotatable bonds is 7. The highest BCUT2D eigenvalue weighted by molar-refractivity contribution is 6.32. The van der Waals surface area contributed by atoms with Crippen molar-refractivity contribution in [2.75, 3.05) is 21.3 Å². The summed E-state index contributed by atoms with van der Waals surface area (Å²) in [6.45, 7) is 3.55. The lowest BCUT2D eigenvalue weighted by Crippen LogP contribution is -2.21. The molecule has 0 atom stereocenters. The molecule has 3 rings (SSSR count). The van der Waals surface area contributed by atoms with Crippen molar-refractivity contribution in [3.63, 3.8) is 0 Å². The first-order chi connectivity index (χ1) is 14.9. The molecule has 1 N–H and O–H groups in total. The molecule has 1 aromatic heterocycles. The second kappa shape index (κ2) is 9.34. The zero-order valence-electron chi connectivity index (χ0n) is 18.2. The quantitative estimate of drug-likeness (QED) is 0.348. The largest absolute Gasteiger partial charge is 0.493 e. The fourth-order valence-corrected chi connectivity index (χ4v) is 3.52. The Hall–Kier alpha value is -3.80. The predicted molar refractivity (Wildman–Crippen MR) is 121 cm³/mol. The molecular weight excluding hydrogens is 394 g/mol. The van der Waals surface area contributed by atoms with Crippen LogP contribution in [0.15, 0.2) is 53.3 Å². The fourth-order valence-electron chi connectivity index (χ4n) is 3.52. The van der Waals surface area contributed by atoms with Crippen LogP contribution in [0.3, 0.4) is 0 Å². The normalized spacial score (nSPS) is 11.2.